The second-order valence-electron chi connectivity index (χ2n) is 8.91. The fourth-order valence-corrected chi connectivity index (χ4v) is 4.44. The molecule has 35 heavy (non-hydrogen) atoms. The van der Waals surface area contributed by atoms with E-state index in [4.69, 9.17) is 14.2 Å². The van der Waals surface area contributed by atoms with Gasteiger partial charge in [0.15, 0.2) is 0 Å². The van der Waals surface area contributed by atoms with E-state index in [0.29, 0.717) is 43.4 Å². The third kappa shape index (κ3) is 5.49. The highest BCUT2D eigenvalue weighted by Crippen LogP contribution is 2.40. The third-order valence-electron chi connectivity index (χ3n) is 6.23. The molecule has 186 valence electrons. The molecule has 1 atom stereocenters. The minimum Gasteiger partial charge on any atom is -0.507 e. The lowest BCUT2D eigenvalue weighted by molar-refractivity contribution is -0.140. The smallest absolute Gasteiger partial charge is 0.295 e. The van der Waals surface area contributed by atoms with E-state index >= 15 is 0 Å². The van der Waals surface area contributed by atoms with Crippen molar-refractivity contribution in [2.24, 2.45) is 0 Å². The van der Waals surface area contributed by atoms with E-state index in [-0.39, 0.29) is 17.4 Å². The van der Waals surface area contributed by atoms with Gasteiger partial charge < -0.3 is 24.2 Å². The van der Waals surface area contributed by atoms with Crippen molar-refractivity contribution in [1.29, 1.82) is 0 Å². The van der Waals surface area contributed by atoms with Gasteiger partial charge in [-0.25, -0.2) is 0 Å². The van der Waals surface area contributed by atoms with Crippen molar-refractivity contribution in [2.45, 2.75) is 26.0 Å². The van der Waals surface area contributed by atoms with Crippen molar-refractivity contribution in [3.8, 4) is 11.5 Å². The molecule has 1 N–H and O–H groups in total. The minimum absolute atomic E-state index is 0.0232. The van der Waals surface area contributed by atoms with Gasteiger partial charge in [-0.15, -0.1) is 0 Å². The highest BCUT2D eigenvalue weighted by Gasteiger charge is 2.46. The Hall–Kier alpha value is -3.36. The number of ether oxygens (including phenoxy) is 3. The molecular formula is C27H32N2O6. The molecule has 0 saturated carbocycles. The van der Waals surface area contributed by atoms with Gasteiger partial charge in [-0.3, -0.25) is 14.5 Å². The van der Waals surface area contributed by atoms with Crippen LogP contribution in [0.4, 0.5) is 0 Å². The van der Waals surface area contributed by atoms with Crippen molar-refractivity contribution in [3.05, 3.63) is 65.2 Å². The van der Waals surface area contributed by atoms with Gasteiger partial charge in [-0.1, -0.05) is 12.1 Å². The summed E-state index contributed by atoms with van der Waals surface area (Å²) in [6.45, 7) is 7.73. The van der Waals surface area contributed by atoms with Crippen LogP contribution in [-0.4, -0.2) is 79.2 Å². The lowest BCUT2D eigenvalue weighted by Crippen LogP contribution is -2.42. The number of amides is 1. The molecule has 2 saturated heterocycles. The predicted octanol–water partition coefficient (Wildman–Crippen LogP) is 3.24. The molecule has 2 fully saturated rings. The lowest BCUT2D eigenvalue weighted by Gasteiger charge is -2.31. The fraction of sp³-hybridized carbons (Fsp3) is 0.407. The van der Waals surface area contributed by atoms with Crippen LogP contribution in [0, 0.1) is 0 Å². The minimum atomic E-state index is -0.703. The number of aliphatic hydroxyl groups is 1. The Morgan fingerprint density at radius 1 is 1.00 bits per heavy atom. The second kappa shape index (κ2) is 10.9. The summed E-state index contributed by atoms with van der Waals surface area (Å²) in [7, 11) is 1.56. The Labute approximate surface area is 205 Å². The number of ketones is 1. The largest absolute Gasteiger partial charge is 0.507 e. The van der Waals surface area contributed by atoms with Crippen molar-refractivity contribution in [3.63, 3.8) is 0 Å². The molecule has 2 aromatic carbocycles. The van der Waals surface area contributed by atoms with Gasteiger partial charge in [0.25, 0.3) is 11.7 Å². The number of carbonyl (C=O) groups excluding carboxylic acids is 2. The van der Waals surface area contributed by atoms with Gasteiger partial charge in [0.1, 0.15) is 17.3 Å². The number of aliphatic hydroxyl groups excluding tert-OH is 1. The van der Waals surface area contributed by atoms with E-state index in [1.807, 2.05) is 38.1 Å². The molecule has 0 aliphatic carbocycles. The van der Waals surface area contributed by atoms with Crippen LogP contribution in [0.3, 0.4) is 0 Å². The van der Waals surface area contributed by atoms with Crippen LogP contribution in [0.5, 0.6) is 11.5 Å². The molecule has 2 aliphatic rings. The van der Waals surface area contributed by atoms with Gasteiger partial charge in [0.05, 0.1) is 38.0 Å². The maximum Gasteiger partial charge on any atom is 0.295 e. The Balaban J connectivity index is 1.71. The van der Waals surface area contributed by atoms with E-state index in [2.05, 4.69) is 4.90 Å². The van der Waals surface area contributed by atoms with Gasteiger partial charge in [-0.05, 0) is 55.8 Å². The molecule has 2 aromatic rings. The zero-order valence-electron chi connectivity index (χ0n) is 20.4. The zero-order valence-corrected chi connectivity index (χ0v) is 20.4. The van der Waals surface area contributed by atoms with Gasteiger partial charge >= 0.3 is 0 Å². The maximum atomic E-state index is 13.2. The third-order valence-corrected chi connectivity index (χ3v) is 6.23. The summed E-state index contributed by atoms with van der Waals surface area (Å²) in [6.07, 6.45) is 0.0232. The molecule has 0 unspecified atom stereocenters. The van der Waals surface area contributed by atoms with Crippen molar-refractivity contribution < 1.29 is 28.9 Å². The predicted molar refractivity (Wildman–Crippen MR) is 131 cm³/mol. The normalized spacial score (nSPS) is 20.5. The highest BCUT2D eigenvalue weighted by molar-refractivity contribution is 6.46. The SMILES string of the molecule is COc1ccc(/C(O)=C2\C(=O)C(=O)N(CCN3CCOCC3)[C@@H]2c2ccc(OC(C)C)cc2)cc1. The van der Waals surface area contributed by atoms with E-state index in [9.17, 15) is 14.7 Å². The van der Waals surface area contributed by atoms with E-state index in [1.165, 1.54) is 0 Å². The molecule has 4 rings (SSSR count). The Morgan fingerprint density at radius 2 is 1.63 bits per heavy atom. The molecule has 2 aliphatic heterocycles. The molecule has 0 radical (unpaired) electrons. The number of likely N-dealkylation sites (tertiary alicyclic amines) is 1. The van der Waals surface area contributed by atoms with Gasteiger partial charge in [0, 0.05) is 31.7 Å². The number of nitrogens with zero attached hydrogens (tertiary/aromatic N) is 2. The van der Waals surface area contributed by atoms with E-state index in [0.717, 1.165) is 18.7 Å². The number of morpholine rings is 1. The van der Waals surface area contributed by atoms with Crippen molar-refractivity contribution in [1.82, 2.24) is 9.80 Å². The topological polar surface area (TPSA) is 88.5 Å². The number of Topliss-reactive ketones (excluding diaryl/α,β-unsaturated/α-hetero) is 1. The number of hydrogen-bond donors (Lipinski definition) is 1. The van der Waals surface area contributed by atoms with Crippen molar-refractivity contribution >= 4 is 17.4 Å². The lowest BCUT2D eigenvalue weighted by atomic mass is 9.95. The highest BCUT2D eigenvalue weighted by atomic mass is 16.5. The monoisotopic (exact) mass is 480 g/mol. The quantitative estimate of drug-likeness (QED) is 0.353. The Bertz CT molecular complexity index is 1070. The first kappa shape index (κ1) is 24.8. The first-order valence-corrected chi connectivity index (χ1v) is 11.9. The molecule has 1 amide bonds. The molecule has 8 nitrogen and oxygen atoms in total. The summed E-state index contributed by atoms with van der Waals surface area (Å²) in [5.74, 6) is -0.171. The van der Waals surface area contributed by atoms with Gasteiger partial charge in [0.2, 0.25) is 0 Å². The van der Waals surface area contributed by atoms with Crippen LogP contribution < -0.4 is 9.47 Å². The Morgan fingerprint density at radius 3 is 2.23 bits per heavy atom. The number of hydrogen-bond acceptors (Lipinski definition) is 7. The van der Waals surface area contributed by atoms with E-state index < -0.39 is 17.7 Å². The average Bonchev–Trinajstić information content (AvgIpc) is 3.12. The van der Waals surface area contributed by atoms with Crippen LogP contribution in [0.2, 0.25) is 0 Å². The standard InChI is InChI=1S/C27H32N2O6/c1-18(2)35-22-10-4-19(5-11-22)24-23(25(30)20-6-8-21(33-3)9-7-20)26(31)27(32)29(24)13-12-28-14-16-34-17-15-28/h4-11,18,24,30H,12-17H2,1-3H3/b25-23+/t24-/m1/s1. The van der Waals surface area contributed by atoms with Crippen LogP contribution in [0.15, 0.2) is 54.1 Å². The maximum absolute atomic E-state index is 13.2. The zero-order chi connectivity index (χ0) is 24.9. The molecular weight excluding hydrogens is 448 g/mol. The van der Waals surface area contributed by atoms with Crippen LogP contribution >= 0.6 is 0 Å². The summed E-state index contributed by atoms with van der Waals surface area (Å²) in [4.78, 5) is 30.1. The van der Waals surface area contributed by atoms with Crippen LogP contribution in [0.1, 0.15) is 31.0 Å². The molecule has 2 heterocycles. The number of methoxy groups -OCH3 is 1. The van der Waals surface area contributed by atoms with Crippen LogP contribution in [-0.2, 0) is 14.3 Å². The fourth-order valence-electron chi connectivity index (χ4n) is 4.44. The molecule has 8 heteroatoms. The van der Waals surface area contributed by atoms with Gasteiger partial charge in [-0.2, -0.15) is 0 Å². The number of benzene rings is 2. The van der Waals surface area contributed by atoms with Crippen LogP contribution in [0.25, 0.3) is 5.76 Å². The molecule has 0 aromatic heterocycles. The summed E-state index contributed by atoms with van der Waals surface area (Å²) in [6, 6.07) is 13.4. The summed E-state index contributed by atoms with van der Waals surface area (Å²) in [5.41, 5.74) is 1.26. The summed E-state index contributed by atoms with van der Waals surface area (Å²) in [5, 5.41) is 11.2. The van der Waals surface area contributed by atoms with E-state index in [1.54, 1.807) is 36.3 Å². The number of carbonyl (C=O) groups is 2. The Kier molecular flexibility index (Phi) is 7.73. The molecule has 0 spiro atoms. The first-order valence-electron chi connectivity index (χ1n) is 11.9. The van der Waals surface area contributed by atoms with Crippen molar-refractivity contribution in [2.75, 3.05) is 46.5 Å². The number of rotatable bonds is 8. The average molecular weight is 481 g/mol. The second-order valence-corrected chi connectivity index (χ2v) is 8.91. The summed E-state index contributed by atoms with van der Waals surface area (Å²) >= 11 is 0. The first-order chi connectivity index (χ1) is 16.9. The summed E-state index contributed by atoms with van der Waals surface area (Å²) < 4.78 is 16.4. The molecule has 0 bridgehead atoms.